The molecule has 0 aromatic heterocycles. The first kappa shape index (κ1) is 15.0. The number of amides is 1. The van der Waals surface area contributed by atoms with Crippen molar-refractivity contribution in [3.63, 3.8) is 0 Å². The first-order chi connectivity index (χ1) is 9.65. The Balaban J connectivity index is 1.90. The van der Waals surface area contributed by atoms with Crippen molar-refractivity contribution in [3.8, 4) is 0 Å². The lowest BCUT2D eigenvalue weighted by Gasteiger charge is -2.14. The van der Waals surface area contributed by atoms with Gasteiger partial charge in [-0.05, 0) is 30.9 Å². The Kier molecular flexibility index (Phi) is 5.53. The molecule has 1 aliphatic carbocycles. The average molecular weight is 290 g/mol. The van der Waals surface area contributed by atoms with Gasteiger partial charge in [0.05, 0.1) is 0 Å². The molecule has 1 aromatic carbocycles. The highest BCUT2D eigenvalue weighted by molar-refractivity contribution is 7.80. The van der Waals surface area contributed by atoms with E-state index in [1.54, 1.807) is 0 Å². The molecular weight excluding hydrogens is 268 g/mol. The summed E-state index contributed by atoms with van der Waals surface area (Å²) in [6.07, 6.45) is 8.13. The molecule has 0 saturated heterocycles. The quantitative estimate of drug-likeness (QED) is 0.658. The molecular formula is C16H22N2OS. The molecule has 0 atom stereocenters. The smallest absolute Gasteiger partial charge is 0.224 e. The van der Waals surface area contributed by atoms with Crippen LogP contribution in [0.1, 0.15) is 50.5 Å². The summed E-state index contributed by atoms with van der Waals surface area (Å²) < 4.78 is 0. The number of hydrogen-bond acceptors (Lipinski definition) is 2. The third kappa shape index (κ3) is 4.60. The second-order valence-corrected chi connectivity index (χ2v) is 5.99. The maximum Gasteiger partial charge on any atom is 0.224 e. The molecule has 1 fully saturated rings. The first-order valence-corrected chi connectivity index (χ1v) is 7.75. The van der Waals surface area contributed by atoms with Gasteiger partial charge in [0.1, 0.15) is 4.99 Å². The number of nitrogens with one attached hydrogen (secondary N) is 1. The SMILES string of the molecule is NC(=S)c1cccc(NC(=O)CC2CCCCCC2)c1. The summed E-state index contributed by atoms with van der Waals surface area (Å²) in [6, 6.07) is 7.40. The van der Waals surface area contributed by atoms with Gasteiger partial charge in [-0.1, -0.05) is 50.0 Å². The standard InChI is InChI=1S/C16H22N2OS/c17-16(20)13-8-5-9-14(11-13)18-15(19)10-12-6-3-1-2-4-7-12/h5,8-9,11-12H,1-4,6-7,10H2,(H2,17,20)(H,18,19). The number of carbonyl (C=O) groups excluding carboxylic acids is 1. The largest absolute Gasteiger partial charge is 0.389 e. The normalized spacial score (nSPS) is 16.4. The molecule has 0 bridgehead atoms. The van der Waals surface area contributed by atoms with Gasteiger partial charge in [0.25, 0.3) is 0 Å². The Labute approximate surface area is 125 Å². The number of anilines is 1. The van der Waals surface area contributed by atoms with E-state index in [1.807, 2.05) is 24.3 Å². The Morgan fingerprint density at radius 3 is 2.60 bits per heavy atom. The fourth-order valence-corrected chi connectivity index (χ4v) is 2.92. The number of hydrogen-bond donors (Lipinski definition) is 2. The molecule has 1 aromatic rings. The lowest BCUT2D eigenvalue weighted by molar-refractivity contribution is -0.117. The molecule has 0 spiro atoms. The predicted molar refractivity (Wildman–Crippen MR) is 86.8 cm³/mol. The summed E-state index contributed by atoms with van der Waals surface area (Å²) >= 11 is 4.95. The lowest BCUT2D eigenvalue weighted by atomic mass is 9.96. The van der Waals surface area contributed by atoms with Crippen LogP contribution in [-0.2, 0) is 4.79 Å². The van der Waals surface area contributed by atoms with E-state index in [4.69, 9.17) is 18.0 Å². The van der Waals surface area contributed by atoms with Crippen molar-refractivity contribution >= 4 is 28.8 Å². The van der Waals surface area contributed by atoms with Crippen LogP contribution in [0.3, 0.4) is 0 Å². The summed E-state index contributed by atoms with van der Waals surface area (Å²) in [7, 11) is 0. The predicted octanol–water partition coefficient (Wildman–Crippen LogP) is 3.62. The van der Waals surface area contributed by atoms with Gasteiger partial charge < -0.3 is 11.1 Å². The van der Waals surface area contributed by atoms with Crippen molar-refractivity contribution in [1.82, 2.24) is 0 Å². The third-order valence-corrected chi connectivity index (χ3v) is 4.12. The van der Waals surface area contributed by atoms with Gasteiger partial charge in [0.2, 0.25) is 5.91 Å². The van der Waals surface area contributed by atoms with Crippen LogP contribution in [0.2, 0.25) is 0 Å². The zero-order valence-electron chi connectivity index (χ0n) is 11.7. The van der Waals surface area contributed by atoms with Gasteiger partial charge in [-0.25, -0.2) is 0 Å². The van der Waals surface area contributed by atoms with Crippen molar-refractivity contribution in [2.45, 2.75) is 44.9 Å². The number of benzene rings is 1. The van der Waals surface area contributed by atoms with Gasteiger partial charge in [-0.2, -0.15) is 0 Å². The molecule has 1 aliphatic rings. The summed E-state index contributed by atoms with van der Waals surface area (Å²) in [4.78, 5) is 12.5. The van der Waals surface area contributed by atoms with E-state index < -0.39 is 0 Å². The van der Waals surface area contributed by atoms with E-state index >= 15 is 0 Å². The van der Waals surface area contributed by atoms with Gasteiger partial charge >= 0.3 is 0 Å². The van der Waals surface area contributed by atoms with Crippen LogP contribution in [0.5, 0.6) is 0 Å². The molecule has 0 radical (unpaired) electrons. The maximum absolute atomic E-state index is 12.1. The molecule has 1 saturated carbocycles. The molecule has 1 amide bonds. The third-order valence-electron chi connectivity index (χ3n) is 3.88. The Bertz CT molecular complexity index is 479. The minimum Gasteiger partial charge on any atom is -0.389 e. The average Bonchev–Trinajstić information content (AvgIpc) is 2.67. The van der Waals surface area contributed by atoms with E-state index in [1.165, 1.54) is 38.5 Å². The van der Waals surface area contributed by atoms with Crippen LogP contribution in [0.15, 0.2) is 24.3 Å². The van der Waals surface area contributed by atoms with Crippen LogP contribution in [0.4, 0.5) is 5.69 Å². The van der Waals surface area contributed by atoms with E-state index in [2.05, 4.69) is 5.32 Å². The van der Waals surface area contributed by atoms with Crippen molar-refractivity contribution in [2.24, 2.45) is 11.7 Å². The van der Waals surface area contributed by atoms with Crippen molar-refractivity contribution in [2.75, 3.05) is 5.32 Å². The summed E-state index contributed by atoms with van der Waals surface area (Å²) in [6.45, 7) is 0. The van der Waals surface area contributed by atoms with Gasteiger partial charge in [0.15, 0.2) is 0 Å². The molecule has 20 heavy (non-hydrogen) atoms. The highest BCUT2D eigenvalue weighted by Crippen LogP contribution is 2.25. The minimum absolute atomic E-state index is 0.0944. The highest BCUT2D eigenvalue weighted by Gasteiger charge is 2.16. The Morgan fingerprint density at radius 1 is 1.25 bits per heavy atom. The van der Waals surface area contributed by atoms with Crippen molar-refractivity contribution < 1.29 is 4.79 Å². The second-order valence-electron chi connectivity index (χ2n) is 5.55. The Morgan fingerprint density at radius 2 is 1.95 bits per heavy atom. The fourth-order valence-electron chi connectivity index (χ4n) is 2.79. The number of rotatable bonds is 4. The minimum atomic E-state index is 0.0944. The molecule has 3 nitrogen and oxygen atoms in total. The van der Waals surface area contributed by atoms with Crippen LogP contribution >= 0.6 is 12.2 Å². The maximum atomic E-state index is 12.1. The van der Waals surface area contributed by atoms with Crippen molar-refractivity contribution in [1.29, 1.82) is 0 Å². The van der Waals surface area contributed by atoms with Crippen LogP contribution in [0.25, 0.3) is 0 Å². The second kappa shape index (κ2) is 7.39. The monoisotopic (exact) mass is 290 g/mol. The summed E-state index contributed by atoms with van der Waals surface area (Å²) in [5, 5.41) is 2.95. The summed E-state index contributed by atoms with van der Waals surface area (Å²) in [5.74, 6) is 0.633. The number of thiocarbonyl (C=S) groups is 1. The Hall–Kier alpha value is -1.42. The van der Waals surface area contributed by atoms with Crippen molar-refractivity contribution in [3.05, 3.63) is 29.8 Å². The molecule has 0 heterocycles. The molecule has 0 unspecified atom stereocenters. The zero-order valence-corrected chi connectivity index (χ0v) is 12.5. The highest BCUT2D eigenvalue weighted by atomic mass is 32.1. The van der Waals surface area contributed by atoms with E-state index in [0.29, 0.717) is 17.3 Å². The van der Waals surface area contributed by atoms with E-state index in [0.717, 1.165) is 11.3 Å². The number of nitrogens with two attached hydrogens (primary N) is 1. The van der Waals surface area contributed by atoms with Crippen LogP contribution < -0.4 is 11.1 Å². The molecule has 0 aliphatic heterocycles. The number of carbonyl (C=O) groups is 1. The van der Waals surface area contributed by atoms with Gasteiger partial charge in [0, 0.05) is 17.7 Å². The lowest BCUT2D eigenvalue weighted by Crippen LogP contribution is -2.17. The van der Waals surface area contributed by atoms with E-state index in [9.17, 15) is 4.79 Å². The zero-order chi connectivity index (χ0) is 14.4. The molecule has 108 valence electrons. The fraction of sp³-hybridized carbons (Fsp3) is 0.500. The van der Waals surface area contributed by atoms with Gasteiger partial charge in [-0.3, -0.25) is 4.79 Å². The van der Waals surface area contributed by atoms with E-state index in [-0.39, 0.29) is 5.91 Å². The van der Waals surface area contributed by atoms with Crippen LogP contribution in [0, 0.1) is 5.92 Å². The van der Waals surface area contributed by atoms with Crippen LogP contribution in [-0.4, -0.2) is 10.9 Å². The molecule has 4 heteroatoms. The van der Waals surface area contributed by atoms with Gasteiger partial charge in [-0.15, -0.1) is 0 Å². The topological polar surface area (TPSA) is 55.1 Å². The summed E-state index contributed by atoms with van der Waals surface area (Å²) in [5.41, 5.74) is 7.16. The first-order valence-electron chi connectivity index (χ1n) is 7.35. The molecule has 2 rings (SSSR count). The molecule has 3 N–H and O–H groups in total.